The Labute approximate surface area is 136 Å². The highest BCUT2D eigenvalue weighted by Gasteiger charge is 2.25. The molecule has 0 spiro atoms. The van der Waals surface area contributed by atoms with E-state index < -0.39 is 0 Å². The highest BCUT2D eigenvalue weighted by atomic mass is 35.5. The molecule has 0 radical (unpaired) electrons. The van der Waals surface area contributed by atoms with Crippen molar-refractivity contribution in [1.29, 1.82) is 0 Å². The third kappa shape index (κ3) is 5.00. The minimum absolute atomic E-state index is 0.0317. The van der Waals surface area contributed by atoms with Gasteiger partial charge in [0.2, 0.25) is 11.8 Å². The summed E-state index contributed by atoms with van der Waals surface area (Å²) in [6, 6.07) is 7.35. The Balaban J connectivity index is 1.77. The molecule has 0 aromatic heterocycles. The molecule has 0 heterocycles. The molecule has 1 saturated carbocycles. The van der Waals surface area contributed by atoms with Crippen molar-refractivity contribution < 1.29 is 9.59 Å². The largest absolute Gasteiger partial charge is 0.352 e. The summed E-state index contributed by atoms with van der Waals surface area (Å²) in [7, 11) is 1.77. The molecule has 2 rings (SSSR count). The van der Waals surface area contributed by atoms with E-state index in [9.17, 15) is 9.59 Å². The van der Waals surface area contributed by atoms with E-state index in [1.54, 1.807) is 24.9 Å². The van der Waals surface area contributed by atoms with Crippen LogP contribution in [-0.2, 0) is 16.1 Å². The van der Waals surface area contributed by atoms with E-state index in [0.717, 1.165) is 18.4 Å². The van der Waals surface area contributed by atoms with Crippen LogP contribution in [0, 0.1) is 0 Å². The summed E-state index contributed by atoms with van der Waals surface area (Å²) in [6.07, 6.45) is 2.12. The lowest BCUT2D eigenvalue weighted by molar-refractivity contribution is -0.127. The summed E-state index contributed by atoms with van der Waals surface area (Å²) >= 11 is 6.06. The molecule has 0 aliphatic heterocycles. The van der Waals surface area contributed by atoms with Gasteiger partial charge in [-0.05, 0) is 38.4 Å². The summed E-state index contributed by atoms with van der Waals surface area (Å²) in [5, 5.41) is 6.40. The van der Waals surface area contributed by atoms with E-state index in [1.165, 1.54) is 0 Å². The number of likely N-dealkylation sites (N-methyl/N-ethyl adjacent to an activating group) is 1. The van der Waals surface area contributed by atoms with Crippen LogP contribution in [0.25, 0.3) is 0 Å². The molecule has 120 valence electrons. The van der Waals surface area contributed by atoms with Crippen molar-refractivity contribution in [3.63, 3.8) is 0 Å². The van der Waals surface area contributed by atoms with Crippen LogP contribution in [0.3, 0.4) is 0 Å². The van der Waals surface area contributed by atoms with Crippen molar-refractivity contribution in [3.05, 3.63) is 34.9 Å². The third-order valence-corrected chi connectivity index (χ3v) is 4.16. The zero-order chi connectivity index (χ0) is 16.1. The Kier molecular flexibility index (Phi) is 5.80. The van der Waals surface area contributed by atoms with E-state index in [-0.39, 0.29) is 24.4 Å². The summed E-state index contributed by atoms with van der Waals surface area (Å²) in [5.41, 5.74) is 0.874. The molecule has 1 aromatic carbocycles. The van der Waals surface area contributed by atoms with Crippen molar-refractivity contribution in [2.45, 2.75) is 38.4 Å². The van der Waals surface area contributed by atoms with Crippen LogP contribution in [0.15, 0.2) is 24.3 Å². The van der Waals surface area contributed by atoms with Gasteiger partial charge in [-0.25, -0.2) is 0 Å². The molecule has 6 heteroatoms. The minimum atomic E-state index is -0.382. The second kappa shape index (κ2) is 7.61. The summed E-state index contributed by atoms with van der Waals surface area (Å²) < 4.78 is 0. The van der Waals surface area contributed by atoms with E-state index in [1.807, 2.05) is 18.2 Å². The van der Waals surface area contributed by atoms with Crippen molar-refractivity contribution in [1.82, 2.24) is 15.5 Å². The van der Waals surface area contributed by atoms with E-state index in [0.29, 0.717) is 17.6 Å². The van der Waals surface area contributed by atoms with Crippen LogP contribution < -0.4 is 10.6 Å². The first kappa shape index (κ1) is 16.8. The lowest BCUT2D eigenvalue weighted by atomic mass is 10.2. The third-order valence-electron chi connectivity index (χ3n) is 3.79. The number of carbonyl (C=O) groups is 2. The molecule has 0 saturated heterocycles. The van der Waals surface area contributed by atoms with Gasteiger partial charge in [0, 0.05) is 17.6 Å². The second-order valence-corrected chi connectivity index (χ2v) is 6.15. The molecule has 22 heavy (non-hydrogen) atoms. The van der Waals surface area contributed by atoms with Gasteiger partial charge in [0.1, 0.15) is 0 Å². The topological polar surface area (TPSA) is 61.4 Å². The Bertz CT molecular complexity index is 546. The first-order valence-corrected chi connectivity index (χ1v) is 7.86. The number of carbonyl (C=O) groups excluding carboxylic acids is 2. The van der Waals surface area contributed by atoms with Gasteiger partial charge >= 0.3 is 0 Å². The SMILES string of the molecule is CC(C(=O)NCc1ccccc1Cl)N(C)CC(=O)NC1CC1. The van der Waals surface area contributed by atoms with Crippen LogP contribution in [0.2, 0.25) is 5.02 Å². The van der Waals surface area contributed by atoms with Crippen molar-refractivity contribution in [3.8, 4) is 0 Å². The molecule has 5 nitrogen and oxygen atoms in total. The van der Waals surface area contributed by atoms with Crippen LogP contribution in [-0.4, -0.2) is 42.4 Å². The lowest BCUT2D eigenvalue weighted by Gasteiger charge is -2.23. The number of hydrogen-bond donors (Lipinski definition) is 2. The fourth-order valence-electron chi connectivity index (χ4n) is 2.04. The Hall–Kier alpha value is -1.59. The average molecular weight is 324 g/mol. The summed E-state index contributed by atoms with van der Waals surface area (Å²) in [5.74, 6) is -0.155. The maximum absolute atomic E-state index is 12.2. The van der Waals surface area contributed by atoms with Crippen LogP contribution in [0.5, 0.6) is 0 Å². The molecule has 1 fully saturated rings. The van der Waals surface area contributed by atoms with Crippen LogP contribution in [0.4, 0.5) is 0 Å². The van der Waals surface area contributed by atoms with Crippen molar-refractivity contribution >= 4 is 23.4 Å². The number of benzene rings is 1. The monoisotopic (exact) mass is 323 g/mol. The fourth-order valence-corrected chi connectivity index (χ4v) is 2.24. The lowest BCUT2D eigenvalue weighted by Crippen LogP contribution is -2.47. The zero-order valence-electron chi connectivity index (χ0n) is 12.9. The number of rotatable bonds is 7. The Morgan fingerprint density at radius 1 is 1.36 bits per heavy atom. The molecule has 2 amide bonds. The maximum Gasteiger partial charge on any atom is 0.237 e. The molecule has 1 unspecified atom stereocenters. The number of amides is 2. The van der Waals surface area contributed by atoms with Gasteiger partial charge in [0.25, 0.3) is 0 Å². The fraction of sp³-hybridized carbons (Fsp3) is 0.500. The van der Waals surface area contributed by atoms with Crippen molar-refractivity contribution in [2.24, 2.45) is 0 Å². The molecule has 1 aliphatic rings. The highest BCUT2D eigenvalue weighted by molar-refractivity contribution is 6.31. The smallest absolute Gasteiger partial charge is 0.237 e. The van der Waals surface area contributed by atoms with Gasteiger partial charge in [-0.2, -0.15) is 0 Å². The summed E-state index contributed by atoms with van der Waals surface area (Å²) in [4.78, 5) is 25.6. The predicted molar refractivity (Wildman–Crippen MR) is 86.6 cm³/mol. The van der Waals surface area contributed by atoms with Gasteiger partial charge in [-0.15, -0.1) is 0 Å². The zero-order valence-corrected chi connectivity index (χ0v) is 13.7. The number of nitrogens with one attached hydrogen (secondary N) is 2. The van der Waals surface area contributed by atoms with Gasteiger partial charge in [0.15, 0.2) is 0 Å². The molecular formula is C16H22ClN3O2. The minimum Gasteiger partial charge on any atom is -0.352 e. The van der Waals surface area contributed by atoms with Gasteiger partial charge in [-0.3, -0.25) is 14.5 Å². The van der Waals surface area contributed by atoms with E-state index in [4.69, 9.17) is 11.6 Å². The molecule has 2 N–H and O–H groups in total. The average Bonchev–Trinajstić information content (AvgIpc) is 3.28. The Morgan fingerprint density at radius 2 is 2.05 bits per heavy atom. The van der Waals surface area contributed by atoms with Crippen LogP contribution in [0.1, 0.15) is 25.3 Å². The quantitative estimate of drug-likeness (QED) is 0.800. The molecule has 0 bridgehead atoms. The molecule has 1 aromatic rings. The molecule has 1 aliphatic carbocycles. The normalized spacial score (nSPS) is 15.5. The first-order valence-electron chi connectivity index (χ1n) is 7.48. The van der Waals surface area contributed by atoms with Gasteiger partial charge in [0.05, 0.1) is 12.6 Å². The van der Waals surface area contributed by atoms with E-state index in [2.05, 4.69) is 10.6 Å². The highest BCUT2D eigenvalue weighted by Crippen LogP contribution is 2.18. The second-order valence-electron chi connectivity index (χ2n) is 5.74. The number of halogens is 1. The molecule has 1 atom stereocenters. The van der Waals surface area contributed by atoms with Crippen LogP contribution >= 0.6 is 11.6 Å². The standard InChI is InChI=1S/C16H22ClN3O2/c1-11(20(2)10-15(21)19-13-7-8-13)16(22)18-9-12-5-3-4-6-14(12)17/h3-6,11,13H,7-10H2,1-2H3,(H,18,22)(H,19,21). The number of hydrogen-bond acceptors (Lipinski definition) is 3. The van der Waals surface area contributed by atoms with Gasteiger partial charge < -0.3 is 10.6 Å². The van der Waals surface area contributed by atoms with Crippen molar-refractivity contribution in [2.75, 3.05) is 13.6 Å². The maximum atomic E-state index is 12.2. The predicted octanol–water partition coefficient (Wildman–Crippen LogP) is 1.56. The Morgan fingerprint density at radius 3 is 2.68 bits per heavy atom. The van der Waals surface area contributed by atoms with Gasteiger partial charge in [-0.1, -0.05) is 29.8 Å². The molecular weight excluding hydrogens is 302 g/mol. The first-order chi connectivity index (χ1) is 10.5. The summed E-state index contributed by atoms with van der Waals surface area (Å²) in [6.45, 7) is 2.38. The number of nitrogens with zero attached hydrogens (tertiary/aromatic N) is 1. The van der Waals surface area contributed by atoms with E-state index >= 15 is 0 Å².